The lowest BCUT2D eigenvalue weighted by molar-refractivity contribution is 0.144. The summed E-state index contributed by atoms with van der Waals surface area (Å²) in [5.41, 5.74) is 2.46. The number of benzene rings is 2. The Balaban J connectivity index is 1.99. The van der Waals surface area contributed by atoms with Gasteiger partial charge in [-0.2, -0.15) is 0 Å². The largest absolute Gasteiger partial charge is 0.465 e. The van der Waals surface area contributed by atoms with Crippen molar-refractivity contribution in [3.05, 3.63) is 77.6 Å². The predicted molar refractivity (Wildman–Crippen MR) is 78.3 cm³/mol. The van der Waals surface area contributed by atoms with Gasteiger partial charge in [0.15, 0.2) is 0 Å². The summed E-state index contributed by atoms with van der Waals surface area (Å²) in [5.74, 6) is -0.321. The summed E-state index contributed by atoms with van der Waals surface area (Å²) in [6.07, 6.45) is 0.907. The van der Waals surface area contributed by atoms with Crippen molar-refractivity contribution >= 4 is 11.7 Å². The standard InChI is InChI=1S/C17H14FNO2/c18-15-8-4-7-13(9-15)14-10-16(19(11-14)17(20)21)12-5-2-1-3-6-12/h1-10,16H,11H2,(H,20,21)/t16-/m0/s1. The lowest BCUT2D eigenvalue weighted by atomic mass is 10.0. The summed E-state index contributed by atoms with van der Waals surface area (Å²) in [6.45, 7) is 0.262. The quantitative estimate of drug-likeness (QED) is 0.906. The molecule has 0 spiro atoms. The number of carbonyl (C=O) groups is 1. The predicted octanol–water partition coefficient (Wildman–Crippen LogP) is 3.94. The van der Waals surface area contributed by atoms with Crippen LogP contribution in [0.5, 0.6) is 0 Å². The molecule has 3 rings (SSSR count). The Kier molecular flexibility index (Phi) is 3.44. The molecular weight excluding hydrogens is 269 g/mol. The minimum Gasteiger partial charge on any atom is -0.465 e. The van der Waals surface area contributed by atoms with Crippen LogP contribution in [0.1, 0.15) is 17.2 Å². The molecule has 0 fully saturated rings. The maximum absolute atomic E-state index is 13.3. The molecule has 106 valence electrons. The lowest BCUT2D eigenvalue weighted by Crippen LogP contribution is -2.29. The van der Waals surface area contributed by atoms with Crippen LogP contribution in [0.15, 0.2) is 60.7 Å². The number of amides is 1. The van der Waals surface area contributed by atoms with E-state index in [1.165, 1.54) is 17.0 Å². The van der Waals surface area contributed by atoms with E-state index in [1.807, 2.05) is 36.4 Å². The first-order valence-corrected chi connectivity index (χ1v) is 6.66. The molecular formula is C17H14FNO2. The maximum Gasteiger partial charge on any atom is 0.408 e. The monoisotopic (exact) mass is 283 g/mol. The zero-order valence-electron chi connectivity index (χ0n) is 11.2. The van der Waals surface area contributed by atoms with E-state index < -0.39 is 6.09 Å². The van der Waals surface area contributed by atoms with E-state index in [-0.39, 0.29) is 18.4 Å². The molecule has 2 aromatic carbocycles. The summed E-state index contributed by atoms with van der Waals surface area (Å²) in [7, 11) is 0. The molecule has 0 saturated heterocycles. The molecule has 1 aliphatic heterocycles. The van der Waals surface area contributed by atoms with E-state index in [9.17, 15) is 14.3 Å². The van der Waals surface area contributed by atoms with Gasteiger partial charge in [-0.15, -0.1) is 0 Å². The van der Waals surface area contributed by atoms with Crippen molar-refractivity contribution in [2.75, 3.05) is 6.54 Å². The number of carboxylic acid groups (broad SMARTS) is 1. The first kappa shape index (κ1) is 13.4. The van der Waals surface area contributed by atoms with Crippen molar-refractivity contribution in [2.45, 2.75) is 6.04 Å². The number of nitrogens with zero attached hydrogens (tertiary/aromatic N) is 1. The molecule has 1 amide bonds. The molecule has 0 radical (unpaired) electrons. The van der Waals surface area contributed by atoms with E-state index >= 15 is 0 Å². The highest BCUT2D eigenvalue weighted by atomic mass is 19.1. The first-order valence-electron chi connectivity index (χ1n) is 6.66. The third kappa shape index (κ3) is 2.65. The molecule has 0 bridgehead atoms. The van der Waals surface area contributed by atoms with Crippen LogP contribution in [0.25, 0.3) is 5.57 Å². The Morgan fingerprint density at radius 2 is 1.90 bits per heavy atom. The summed E-state index contributed by atoms with van der Waals surface area (Å²) in [4.78, 5) is 12.8. The molecule has 0 saturated carbocycles. The van der Waals surface area contributed by atoms with Gasteiger partial charge in [0.25, 0.3) is 0 Å². The van der Waals surface area contributed by atoms with E-state index in [0.717, 1.165) is 16.7 Å². The van der Waals surface area contributed by atoms with Crippen LogP contribution in [0.3, 0.4) is 0 Å². The maximum atomic E-state index is 13.3. The normalized spacial score (nSPS) is 17.7. The molecule has 4 heteroatoms. The van der Waals surface area contributed by atoms with Crippen LogP contribution >= 0.6 is 0 Å². The molecule has 1 heterocycles. The van der Waals surface area contributed by atoms with E-state index in [2.05, 4.69) is 0 Å². The van der Waals surface area contributed by atoms with E-state index in [1.54, 1.807) is 12.1 Å². The number of rotatable bonds is 2. The molecule has 21 heavy (non-hydrogen) atoms. The highest BCUT2D eigenvalue weighted by molar-refractivity contribution is 5.77. The fourth-order valence-corrected chi connectivity index (χ4v) is 2.60. The average Bonchev–Trinajstić information content (AvgIpc) is 2.93. The van der Waals surface area contributed by atoms with Gasteiger partial charge in [0.05, 0.1) is 12.6 Å². The van der Waals surface area contributed by atoms with Crippen LogP contribution in [0, 0.1) is 5.82 Å². The van der Waals surface area contributed by atoms with Crippen molar-refractivity contribution in [1.82, 2.24) is 4.90 Å². The Hall–Kier alpha value is -2.62. The van der Waals surface area contributed by atoms with Gasteiger partial charge in [-0.05, 0) is 28.8 Å². The van der Waals surface area contributed by atoms with Gasteiger partial charge in [0.1, 0.15) is 5.82 Å². The molecule has 0 aromatic heterocycles. The van der Waals surface area contributed by atoms with Crippen LogP contribution in [-0.2, 0) is 0 Å². The van der Waals surface area contributed by atoms with Crippen LogP contribution in [-0.4, -0.2) is 22.6 Å². The Morgan fingerprint density at radius 1 is 1.14 bits per heavy atom. The highest BCUT2D eigenvalue weighted by Gasteiger charge is 2.30. The first-order chi connectivity index (χ1) is 10.1. The molecule has 1 N–H and O–H groups in total. The highest BCUT2D eigenvalue weighted by Crippen LogP contribution is 2.34. The summed E-state index contributed by atoms with van der Waals surface area (Å²) in [6, 6.07) is 15.3. The molecule has 3 nitrogen and oxygen atoms in total. The fraction of sp³-hybridized carbons (Fsp3) is 0.118. The second-order valence-corrected chi connectivity index (χ2v) is 4.97. The number of hydrogen-bond donors (Lipinski definition) is 1. The Labute approximate surface area is 121 Å². The van der Waals surface area contributed by atoms with Crippen molar-refractivity contribution in [2.24, 2.45) is 0 Å². The van der Waals surface area contributed by atoms with Gasteiger partial charge < -0.3 is 5.11 Å². The fourth-order valence-electron chi connectivity index (χ4n) is 2.60. The molecule has 1 aliphatic rings. The van der Waals surface area contributed by atoms with Gasteiger partial charge in [0.2, 0.25) is 0 Å². The lowest BCUT2D eigenvalue weighted by Gasteiger charge is -2.21. The summed E-state index contributed by atoms with van der Waals surface area (Å²) >= 11 is 0. The van der Waals surface area contributed by atoms with Gasteiger partial charge in [0, 0.05) is 0 Å². The second-order valence-electron chi connectivity index (χ2n) is 4.97. The molecule has 2 aromatic rings. The Morgan fingerprint density at radius 3 is 2.57 bits per heavy atom. The van der Waals surface area contributed by atoms with Crippen LogP contribution in [0.2, 0.25) is 0 Å². The van der Waals surface area contributed by atoms with Crippen molar-refractivity contribution in [3.8, 4) is 0 Å². The number of hydrogen-bond acceptors (Lipinski definition) is 1. The Bertz CT molecular complexity index is 697. The minimum atomic E-state index is -0.980. The van der Waals surface area contributed by atoms with Gasteiger partial charge in [-0.3, -0.25) is 4.90 Å². The van der Waals surface area contributed by atoms with E-state index in [0.29, 0.717) is 0 Å². The number of halogens is 1. The molecule has 1 atom stereocenters. The molecule has 0 aliphatic carbocycles. The molecule has 0 unspecified atom stereocenters. The summed E-state index contributed by atoms with van der Waals surface area (Å²) in [5, 5.41) is 9.38. The topological polar surface area (TPSA) is 40.5 Å². The van der Waals surface area contributed by atoms with Gasteiger partial charge >= 0.3 is 6.09 Å². The van der Waals surface area contributed by atoms with E-state index in [4.69, 9.17) is 0 Å². The van der Waals surface area contributed by atoms with Crippen molar-refractivity contribution in [1.29, 1.82) is 0 Å². The SMILES string of the molecule is O=C(O)N1CC(c2cccc(F)c2)=C[C@H]1c1ccccc1. The van der Waals surface area contributed by atoms with Crippen LogP contribution in [0.4, 0.5) is 9.18 Å². The van der Waals surface area contributed by atoms with Crippen LogP contribution < -0.4 is 0 Å². The summed E-state index contributed by atoms with van der Waals surface area (Å²) < 4.78 is 13.3. The third-order valence-corrected chi connectivity index (χ3v) is 3.62. The zero-order chi connectivity index (χ0) is 14.8. The smallest absolute Gasteiger partial charge is 0.408 e. The van der Waals surface area contributed by atoms with Crippen molar-refractivity contribution in [3.63, 3.8) is 0 Å². The van der Waals surface area contributed by atoms with Gasteiger partial charge in [-0.1, -0.05) is 48.5 Å². The van der Waals surface area contributed by atoms with Crippen molar-refractivity contribution < 1.29 is 14.3 Å². The minimum absolute atomic E-state index is 0.262. The second kappa shape index (κ2) is 5.40. The average molecular weight is 283 g/mol. The zero-order valence-corrected chi connectivity index (χ0v) is 11.2. The van der Waals surface area contributed by atoms with Gasteiger partial charge in [-0.25, -0.2) is 9.18 Å². The third-order valence-electron chi connectivity index (χ3n) is 3.62.